The van der Waals surface area contributed by atoms with Gasteiger partial charge in [-0.05, 0) is 25.5 Å². The molecular weight excluding hydrogens is 325 g/mol. The van der Waals surface area contributed by atoms with Crippen LogP contribution in [0.3, 0.4) is 0 Å². The van der Waals surface area contributed by atoms with Gasteiger partial charge in [0, 0.05) is 24.8 Å². The van der Waals surface area contributed by atoms with E-state index in [1.807, 2.05) is 0 Å². The summed E-state index contributed by atoms with van der Waals surface area (Å²) in [6.45, 7) is 1.90. The van der Waals surface area contributed by atoms with Gasteiger partial charge in [-0.2, -0.15) is 0 Å². The zero-order valence-corrected chi connectivity index (χ0v) is 13.0. The standard InChI is InChI=1S/C12H15ClFNO5S/c1-7(3-4-20-2)15-21(18,19)10-6-8(13)5-9(11(10)14)12(16)17/h5-7,15H,3-4H2,1-2H3,(H,16,17). The van der Waals surface area contributed by atoms with Gasteiger partial charge in [-0.3, -0.25) is 0 Å². The molecule has 1 aromatic rings. The molecule has 0 aromatic heterocycles. The molecule has 0 heterocycles. The molecule has 0 bridgehead atoms. The summed E-state index contributed by atoms with van der Waals surface area (Å²) in [5, 5.41) is 8.67. The van der Waals surface area contributed by atoms with Crippen molar-refractivity contribution in [2.45, 2.75) is 24.3 Å². The Bertz CT molecular complexity index is 635. The van der Waals surface area contributed by atoms with Gasteiger partial charge in [-0.15, -0.1) is 0 Å². The van der Waals surface area contributed by atoms with Crippen LogP contribution in [-0.2, 0) is 14.8 Å². The first kappa shape index (κ1) is 17.8. The molecule has 0 radical (unpaired) electrons. The zero-order chi connectivity index (χ0) is 16.2. The van der Waals surface area contributed by atoms with E-state index in [2.05, 4.69) is 4.72 Å². The van der Waals surface area contributed by atoms with Crippen LogP contribution < -0.4 is 4.72 Å². The lowest BCUT2D eigenvalue weighted by molar-refractivity contribution is 0.0691. The van der Waals surface area contributed by atoms with E-state index < -0.39 is 38.3 Å². The minimum Gasteiger partial charge on any atom is -0.478 e. The van der Waals surface area contributed by atoms with E-state index in [1.54, 1.807) is 6.92 Å². The number of hydrogen-bond donors (Lipinski definition) is 2. The summed E-state index contributed by atoms with van der Waals surface area (Å²) in [5.74, 6) is -2.95. The maximum atomic E-state index is 14.0. The molecule has 0 aliphatic carbocycles. The summed E-state index contributed by atoms with van der Waals surface area (Å²) in [7, 11) is -2.76. The molecule has 9 heteroatoms. The molecule has 118 valence electrons. The van der Waals surface area contributed by atoms with E-state index in [-0.39, 0.29) is 5.02 Å². The van der Waals surface area contributed by atoms with Gasteiger partial charge in [0.25, 0.3) is 0 Å². The van der Waals surface area contributed by atoms with E-state index in [0.717, 1.165) is 12.1 Å². The number of sulfonamides is 1. The summed E-state index contributed by atoms with van der Waals surface area (Å²) >= 11 is 5.65. The van der Waals surface area contributed by atoms with Crippen LogP contribution in [0, 0.1) is 5.82 Å². The number of nitrogens with one attached hydrogen (secondary N) is 1. The fraction of sp³-hybridized carbons (Fsp3) is 0.417. The number of carboxylic acid groups (broad SMARTS) is 1. The van der Waals surface area contributed by atoms with E-state index in [9.17, 15) is 17.6 Å². The Hall–Kier alpha value is -1.22. The third-order valence-corrected chi connectivity index (χ3v) is 4.44. The third-order valence-electron chi connectivity index (χ3n) is 2.64. The number of methoxy groups -OCH3 is 1. The number of benzene rings is 1. The second kappa shape index (κ2) is 7.17. The highest BCUT2D eigenvalue weighted by atomic mass is 35.5. The van der Waals surface area contributed by atoms with Crippen LogP contribution in [0.1, 0.15) is 23.7 Å². The molecule has 0 spiro atoms. The molecule has 1 aromatic carbocycles. The highest BCUT2D eigenvalue weighted by Crippen LogP contribution is 2.24. The van der Waals surface area contributed by atoms with Gasteiger partial charge in [-0.25, -0.2) is 22.3 Å². The SMILES string of the molecule is COCCC(C)NS(=O)(=O)c1cc(Cl)cc(C(=O)O)c1F. The topological polar surface area (TPSA) is 92.7 Å². The normalized spacial score (nSPS) is 13.1. The van der Waals surface area contributed by atoms with Crippen molar-refractivity contribution in [2.75, 3.05) is 13.7 Å². The lowest BCUT2D eigenvalue weighted by atomic mass is 10.2. The van der Waals surface area contributed by atoms with Gasteiger partial charge >= 0.3 is 5.97 Å². The molecule has 0 amide bonds. The highest BCUT2D eigenvalue weighted by molar-refractivity contribution is 7.89. The summed E-state index contributed by atoms with van der Waals surface area (Å²) in [6, 6.07) is 1.21. The fourth-order valence-corrected chi connectivity index (χ4v) is 3.28. The second-order valence-electron chi connectivity index (χ2n) is 4.37. The quantitative estimate of drug-likeness (QED) is 0.791. The Morgan fingerprint density at radius 1 is 1.52 bits per heavy atom. The third kappa shape index (κ3) is 4.63. The van der Waals surface area contributed by atoms with Crippen molar-refractivity contribution in [3.63, 3.8) is 0 Å². The van der Waals surface area contributed by atoms with Gasteiger partial charge in [-0.1, -0.05) is 11.6 Å². The predicted molar refractivity (Wildman–Crippen MR) is 74.6 cm³/mol. The fourth-order valence-electron chi connectivity index (χ4n) is 1.60. The molecule has 21 heavy (non-hydrogen) atoms. The first-order valence-corrected chi connectivity index (χ1v) is 7.78. The Morgan fingerprint density at radius 3 is 2.67 bits per heavy atom. The number of carboxylic acids is 1. The van der Waals surface area contributed by atoms with Gasteiger partial charge in [0.05, 0.1) is 5.56 Å². The minimum absolute atomic E-state index is 0.182. The van der Waals surface area contributed by atoms with Crippen molar-refractivity contribution >= 4 is 27.6 Å². The van der Waals surface area contributed by atoms with Crippen LogP contribution in [0.25, 0.3) is 0 Å². The van der Waals surface area contributed by atoms with Gasteiger partial charge in [0.15, 0.2) is 5.82 Å². The van der Waals surface area contributed by atoms with Crippen LogP contribution in [-0.4, -0.2) is 39.3 Å². The molecule has 6 nitrogen and oxygen atoms in total. The van der Waals surface area contributed by atoms with Crippen molar-refractivity contribution in [1.29, 1.82) is 0 Å². The number of hydrogen-bond acceptors (Lipinski definition) is 4. The molecule has 0 aliphatic heterocycles. The summed E-state index contributed by atoms with van der Waals surface area (Å²) in [6.07, 6.45) is 0.379. The van der Waals surface area contributed by atoms with Gasteiger partial charge < -0.3 is 9.84 Å². The maximum Gasteiger partial charge on any atom is 0.338 e. The first-order valence-electron chi connectivity index (χ1n) is 5.92. The highest BCUT2D eigenvalue weighted by Gasteiger charge is 2.26. The average molecular weight is 340 g/mol. The number of aromatic carboxylic acids is 1. The lowest BCUT2D eigenvalue weighted by Gasteiger charge is -2.15. The number of halogens is 2. The predicted octanol–water partition coefficient (Wildman–Crippen LogP) is 1.88. The van der Waals surface area contributed by atoms with Crippen molar-refractivity contribution < 1.29 is 27.4 Å². The monoisotopic (exact) mass is 339 g/mol. The van der Waals surface area contributed by atoms with Crippen molar-refractivity contribution in [3.8, 4) is 0 Å². The van der Waals surface area contributed by atoms with E-state index in [1.165, 1.54) is 7.11 Å². The van der Waals surface area contributed by atoms with Crippen molar-refractivity contribution in [1.82, 2.24) is 4.72 Å². The molecule has 0 aliphatic rings. The van der Waals surface area contributed by atoms with Crippen molar-refractivity contribution in [2.24, 2.45) is 0 Å². The molecule has 0 fully saturated rings. The van der Waals surface area contributed by atoms with E-state index in [0.29, 0.717) is 13.0 Å². The Labute approximate surface area is 126 Å². The second-order valence-corrected chi connectivity index (χ2v) is 6.49. The molecule has 0 saturated heterocycles. The Morgan fingerprint density at radius 2 is 2.14 bits per heavy atom. The summed E-state index contributed by atoms with van der Waals surface area (Å²) < 4.78 is 45.3. The van der Waals surface area contributed by atoms with Crippen LogP contribution in [0.4, 0.5) is 4.39 Å². The molecular formula is C12H15ClFNO5S. The molecule has 0 saturated carbocycles. The van der Waals surface area contributed by atoms with Crippen LogP contribution in [0.5, 0.6) is 0 Å². The average Bonchev–Trinajstić information content (AvgIpc) is 2.37. The maximum absolute atomic E-state index is 14.0. The van der Waals surface area contributed by atoms with Crippen LogP contribution in [0.2, 0.25) is 5.02 Å². The molecule has 1 atom stereocenters. The van der Waals surface area contributed by atoms with Crippen LogP contribution in [0.15, 0.2) is 17.0 Å². The molecule has 1 unspecified atom stereocenters. The summed E-state index contributed by atoms with van der Waals surface area (Å²) in [5.41, 5.74) is -0.799. The Balaban J connectivity index is 3.17. The smallest absolute Gasteiger partial charge is 0.338 e. The van der Waals surface area contributed by atoms with Gasteiger partial charge in [0.2, 0.25) is 10.0 Å². The number of rotatable bonds is 7. The largest absolute Gasteiger partial charge is 0.478 e. The molecule has 1 rings (SSSR count). The lowest BCUT2D eigenvalue weighted by Crippen LogP contribution is -2.34. The minimum atomic E-state index is -4.23. The van der Waals surface area contributed by atoms with E-state index >= 15 is 0 Å². The van der Waals surface area contributed by atoms with Crippen LogP contribution >= 0.6 is 11.6 Å². The number of ether oxygens (including phenoxy) is 1. The van der Waals surface area contributed by atoms with E-state index in [4.69, 9.17) is 21.4 Å². The molecule has 2 N–H and O–H groups in total. The number of carbonyl (C=O) groups is 1. The van der Waals surface area contributed by atoms with Crippen molar-refractivity contribution in [3.05, 3.63) is 28.5 Å². The Kier molecular flexibility index (Phi) is 6.09. The summed E-state index contributed by atoms with van der Waals surface area (Å²) in [4.78, 5) is 10.1. The first-order chi connectivity index (χ1) is 9.69. The van der Waals surface area contributed by atoms with Gasteiger partial charge in [0.1, 0.15) is 4.90 Å². The zero-order valence-electron chi connectivity index (χ0n) is 11.4.